The van der Waals surface area contributed by atoms with Crippen molar-refractivity contribution < 1.29 is 9.53 Å². The predicted octanol–water partition coefficient (Wildman–Crippen LogP) is 3.39. The molecule has 0 spiro atoms. The maximum absolute atomic E-state index is 12.0. The Morgan fingerprint density at radius 3 is 2.57 bits per heavy atom. The van der Waals surface area contributed by atoms with E-state index in [1.807, 2.05) is 12.1 Å². The summed E-state index contributed by atoms with van der Waals surface area (Å²) in [6, 6.07) is 4.09. The summed E-state index contributed by atoms with van der Waals surface area (Å²) in [4.78, 5) is 16.3. The van der Waals surface area contributed by atoms with Crippen molar-refractivity contribution in [3.05, 3.63) is 23.9 Å². The molecule has 2 aliphatic carbocycles. The predicted molar refractivity (Wildman–Crippen MR) is 89.3 cm³/mol. The molecule has 2 N–H and O–H groups in total. The van der Waals surface area contributed by atoms with Crippen LogP contribution in [0.15, 0.2) is 18.3 Å². The highest BCUT2D eigenvalue weighted by Crippen LogP contribution is 2.29. The van der Waals surface area contributed by atoms with Gasteiger partial charge in [-0.15, -0.1) is 0 Å². The van der Waals surface area contributed by atoms with Crippen molar-refractivity contribution >= 4 is 6.03 Å². The number of nitrogens with zero attached hydrogens (tertiary/aromatic N) is 1. The van der Waals surface area contributed by atoms with E-state index in [1.165, 1.54) is 38.5 Å². The second kappa shape index (κ2) is 8.18. The molecule has 2 saturated carbocycles. The van der Waals surface area contributed by atoms with Gasteiger partial charge in [0, 0.05) is 24.8 Å². The van der Waals surface area contributed by atoms with Crippen LogP contribution in [0.1, 0.15) is 56.9 Å². The zero-order valence-electron chi connectivity index (χ0n) is 13.7. The van der Waals surface area contributed by atoms with Crippen molar-refractivity contribution in [2.24, 2.45) is 5.92 Å². The fourth-order valence-corrected chi connectivity index (χ4v) is 2.93. The summed E-state index contributed by atoms with van der Waals surface area (Å²) >= 11 is 0. The van der Waals surface area contributed by atoms with Crippen LogP contribution < -0.4 is 15.4 Å². The minimum atomic E-state index is -0.0778. The van der Waals surface area contributed by atoms with E-state index in [9.17, 15) is 4.79 Å². The van der Waals surface area contributed by atoms with Crippen LogP contribution in [0.4, 0.5) is 4.79 Å². The zero-order valence-corrected chi connectivity index (χ0v) is 13.7. The van der Waals surface area contributed by atoms with Gasteiger partial charge in [0.25, 0.3) is 0 Å². The van der Waals surface area contributed by atoms with Gasteiger partial charge in [-0.1, -0.05) is 31.7 Å². The molecule has 0 atom stereocenters. The summed E-state index contributed by atoms with van der Waals surface area (Å²) in [7, 11) is 0. The van der Waals surface area contributed by atoms with Crippen LogP contribution in [-0.2, 0) is 6.54 Å². The van der Waals surface area contributed by atoms with Gasteiger partial charge in [0.2, 0.25) is 5.88 Å². The molecule has 3 rings (SSSR count). The van der Waals surface area contributed by atoms with E-state index >= 15 is 0 Å². The van der Waals surface area contributed by atoms with E-state index in [2.05, 4.69) is 15.6 Å². The van der Waals surface area contributed by atoms with Crippen LogP contribution in [0.2, 0.25) is 0 Å². The molecule has 5 heteroatoms. The summed E-state index contributed by atoms with van der Waals surface area (Å²) in [5.74, 6) is 1.40. The second-order valence-electron chi connectivity index (χ2n) is 6.77. The van der Waals surface area contributed by atoms with Crippen molar-refractivity contribution in [3.8, 4) is 5.88 Å². The van der Waals surface area contributed by atoms with Gasteiger partial charge in [-0.2, -0.15) is 0 Å². The summed E-state index contributed by atoms with van der Waals surface area (Å²) < 4.78 is 5.61. The molecule has 1 aromatic rings. The normalized spacial score (nSPS) is 19.0. The van der Waals surface area contributed by atoms with E-state index in [-0.39, 0.29) is 6.03 Å². The Morgan fingerprint density at radius 2 is 1.91 bits per heavy atom. The van der Waals surface area contributed by atoms with Crippen molar-refractivity contribution in [3.63, 3.8) is 0 Å². The third kappa shape index (κ3) is 5.73. The van der Waals surface area contributed by atoms with Crippen LogP contribution in [0, 0.1) is 5.92 Å². The number of amides is 2. The molecule has 23 heavy (non-hydrogen) atoms. The highest BCUT2D eigenvalue weighted by molar-refractivity contribution is 5.74. The number of hydrogen-bond donors (Lipinski definition) is 2. The lowest BCUT2D eigenvalue weighted by atomic mass is 10.1. The van der Waals surface area contributed by atoms with Crippen molar-refractivity contribution in [2.45, 2.75) is 64.0 Å². The Bertz CT molecular complexity index is 491. The van der Waals surface area contributed by atoms with E-state index in [4.69, 9.17) is 4.74 Å². The molecule has 0 saturated heterocycles. The number of ether oxygens (including phenoxy) is 1. The van der Waals surface area contributed by atoms with Crippen LogP contribution in [0.3, 0.4) is 0 Å². The third-order valence-electron chi connectivity index (χ3n) is 4.60. The van der Waals surface area contributed by atoms with Crippen LogP contribution in [0.25, 0.3) is 0 Å². The first kappa shape index (κ1) is 16.1. The highest BCUT2D eigenvalue weighted by Gasteiger charge is 2.22. The molecule has 1 aromatic heterocycles. The monoisotopic (exact) mass is 317 g/mol. The zero-order chi connectivity index (χ0) is 15.9. The number of carbonyl (C=O) groups excluding carboxylic acids is 1. The van der Waals surface area contributed by atoms with Gasteiger partial charge in [0.15, 0.2) is 0 Å². The smallest absolute Gasteiger partial charge is 0.315 e. The molecule has 0 bridgehead atoms. The Balaban J connectivity index is 1.37. The maximum Gasteiger partial charge on any atom is 0.315 e. The summed E-state index contributed by atoms with van der Waals surface area (Å²) in [5, 5.41) is 6.00. The Hall–Kier alpha value is -1.78. The van der Waals surface area contributed by atoms with Gasteiger partial charge in [-0.05, 0) is 37.2 Å². The van der Waals surface area contributed by atoms with Crippen LogP contribution in [-0.4, -0.2) is 23.7 Å². The fraction of sp³-hybridized carbons (Fsp3) is 0.667. The molecular formula is C18H27N3O2. The minimum Gasteiger partial charge on any atom is -0.477 e. The van der Waals surface area contributed by atoms with Crippen molar-refractivity contribution in [2.75, 3.05) is 6.61 Å². The summed E-state index contributed by atoms with van der Waals surface area (Å²) in [6.07, 6.45) is 11.5. The molecular weight excluding hydrogens is 290 g/mol. The molecule has 0 aromatic carbocycles. The van der Waals surface area contributed by atoms with E-state index < -0.39 is 0 Å². The van der Waals surface area contributed by atoms with E-state index in [1.54, 1.807) is 6.20 Å². The van der Waals surface area contributed by atoms with E-state index in [0.717, 1.165) is 30.9 Å². The molecule has 0 radical (unpaired) electrons. The lowest BCUT2D eigenvalue weighted by molar-refractivity contribution is 0.235. The van der Waals surface area contributed by atoms with Gasteiger partial charge < -0.3 is 15.4 Å². The van der Waals surface area contributed by atoms with Gasteiger partial charge in [0.05, 0.1) is 6.61 Å². The summed E-state index contributed by atoms with van der Waals surface area (Å²) in [6.45, 7) is 1.27. The molecule has 0 unspecified atom stereocenters. The lowest BCUT2D eigenvalue weighted by Gasteiger charge is -2.16. The molecule has 2 fully saturated rings. The van der Waals surface area contributed by atoms with Gasteiger partial charge in [-0.25, -0.2) is 9.78 Å². The van der Waals surface area contributed by atoms with Crippen molar-refractivity contribution in [1.29, 1.82) is 0 Å². The number of hydrogen-bond acceptors (Lipinski definition) is 3. The molecule has 5 nitrogen and oxygen atoms in total. The number of urea groups is 1. The number of aromatic nitrogens is 1. The number of rotatable bonds is 6. The fourth-order valence-electron chi connectivity index (χ4n) is 2.93. The van der Waals surface area contributed by atoms with Crippen molar-refractivity contribution in [1.82, 2.24) is 15.6 Å². The minimum absolute atomic E-state index is 0.0778. The average molecular weight is 317 g/mol. The lowest BCUT2D eigenvalue weighted by Crippen LogP contribution is -2.41. The first-order chi connectivity index (χ1) is 11.3. The number of carbonyl (C=O) groups is 1. The maximum atomic E-state index is 12.0. The van der Waals surface area contributed by atoms with Gasteiger partial charge >= 0.3 is 6.03 Å². The number of pyridine rings is 1. The molecule has 1 heterocycles. The SMILES string of the molecule is O=C(NCc1ccc(OCC2CC2)nc1)NC1CCCCCC1. The largest absolute Gasteiger partial charge is 0.477 e. The average Bonchev–Trinajstić information content (AvgIpc) is 3.40. The molecule has 126 valence electrons. The van der Waals surface area contributed by atoms with Crippen LogP contribution in [0.5, 0.6) is 5.88 Å². The van der Waals surface area contributed by atoms with Gasteiger partial charge in [-0.3, -0.25) is 0 Å². The first-order valence-corrected chi connectivity index (χ1v) is 8.92. The molecule has 2 aliphatic rings. The topological polar surface area (TPSA) is 63.2 Å². The standard InChI is InChI=1S/C18H27N3O2/c22-18(21-16-5-3-1-2-4-6-16)20-12-15-9-10-17(19-11-15)23-13-14-7-8-14/h9-11,14,16H,1-8,12-13H2,(H2,20,21,22). The van der Waals surface area contributed by atoms with E-state index in [0.29, 0.717) is 18.5 Å². The van der Waals surface area contributed by atoms with Crippen LogP contribution >= 0.6 is 0 Å². The quantitative estimate of drug-likeness (QED) is 0.791. The summed E-state index contributed by atoms with van der Waals surface area (Å²) in [5.41, 5.74) is 0.986. The third-order valence-corrected chi connectivity index (χ3v) is 4.60. The highest BCUT2D eigenvalue weighted by atomic mass is 16.5. The first-order valence-electron chi connectivity index (χ1n) is 8.92. The van der Waals surface area contributed by atoms with Gasteiger partial charge in [0.1, 0.15) is 0 Å². The second-order valence-corrected chi connectivity index (χ2v) is 6.77. The Kier molecular flexibility index (Phi) is 5.72. The molecule has 0 aliphatic heterocycles. The Morgan fingerprint density at radius 1 is 1.13 bits per heavy atom. The molecule has 2 amide bonds. The Labute approximate surface area is 138 Å². The number of nitrogens with one attached hydrogen (secondary N) is 2.